The molecule has 0 radical (unpaired) electrons. The zero-order chi connectivity index (χ0) is 12.7. The van der Waals surface area contributed by atoms with Crippen LogP contribution in [0.15, 0.2) is 12.4 Å². The van der Waals surface area contributed by atoms with Gasteiger partial charge in [0, 0.05) is 31.4 Å². The standard InChI is InChI=1S/C12H22N4O/c1-4-6-16-9-11(8-15-16)7-14-10(3)12(17)13-5-2/h8-10,14H,4-7H2,1-3H3,(H,13,17). The maximum Gasteiger partial charge on any atom is 0.236 e. The average molecular weight is 238 g/mol. The molecule has 1 heterocycles. The first kappa shape index (κ1) is 13.7. The third-order valence-corrected chi connectivity index (χ3v) is 2.50. The molecule has 0 aliphatic carbocycles. The van der Waals surface area contributed by atoms with Crippen molar-refractivity contribution in [2.24, 2.45) is 0 Å². The number of likely N-dealkylation sites (N-methyl/N-ethyl adjacent to an activating group) is 1. The third kappa shape index (κ3) is 4.56. The Labute approximate surface area is 103 Å². The summed E-state index contributed by atoms with van der Waals surface area (Å²) >= 11 is 0. The van der Waals surface area contributed by atoms with Crippen LogP contribution in [0.2, 0.25) is 0 Å². The van der Waals surface area contributed by atoms with Gasteiger partial charge in [-0.15, -0.1) is 0 Å². The molecule has 0 aliphatic heterocycles. The number of hydrogen-bond acceptors (Lipinski definition) is 3. The molecule has 0 spiro atoms. The zero-order valence-electron chi connectivity index (χ0n) is 10.9. The van der Waals surface area contributed by atoms with E-state index >= 15 is 0 Å². The van der Waals surface area contributed by atoms with Crippen LogP contribution in [0.5, 0.6) is 0 Å². The SMILES string of the molecule is CCCn1cc(CNC(C)C(=O)NCC)cn1. The molecule has 1 rings (SSSR count). The van der Waals surface area contributed by atoms with E-state index in [1.807, 2.05) is 30.9 Å². The van der Waals surface area contributed by atoms with E-state index in [0.29, 0.717) is 13.1 Å². The maximum absolute atomic E-state index is 11.5. The summed E-state index contributed by atoms with van der Waals surface area (Å²) in [6, 6.07) is -0.176. The van der Waals surface area contributed by atoms with Crippen molar-refractivity contribution in [2.75, 3.05) is 6.54 Å². The van der Waals surface area contributed by atoms with Gasteiger partial charge in [-0.2, -0.15) is 5.10 Å². The first-order valence-corrected chi connectivity index (χ1v) is 6.19. The number of carbonyl (C=O) groups is 1. The molecule has 0 saturated carbocycles. The molecule has 5 heteroatoms. The highest BCUT2D eigenvalue weighted by Gasteiger charge is 2.10. The number of nitrogens with zero attached hydrogens (tertiary/aromatic N) is 2. The Hall–Kier alpha value is -1.36. The second-order valence-corrected chi connectivity index (χ2v) is 4.11. The maximum atomic E-state index is 11.5. The number of carbonyl (C=O) groups excluding carboxylic acids is 1. The summed E-state index contributed by atoms with van der Waals surface area (Å²) in [5.41, 5.74) is 1.11. The second-order valence-electron chi connectivity index (χ2n) is 4.11. The minimum absolute atomic E-state index is 0.0356. The van der Waals surface area contributed by atoms with Gasteiger partial charge in [0.25, 0.3) is 0 Å². The number of aromatic nitrogens is 2. The van der Waals surface area contributed by atoms with Crippen molar-refractivity contribution in [3.8, 4) is 0 Å². The number of aryl methyl sites for hydroxylation is 1. The van der Waals surface area contributed by atoms with Crippen LogP contribution in [0.1, 0.15) is 32.8 Å². The van der Waals surface area contributed by atoms with Gasteiger partial charge < -0.3 is 10.6 Å². The lowest BCUT2D eigenvalue weighted by atomic mass is 10.3. The van der Waals surface area contributed by atoms with Crippen molar-refractivity contribution in [1.82, 2.24) is 20.4 Å². The Balaban J connectivity index is 2.36. The van der Waals surface area contributed by atoms with Crippen LogP contribution in [0, 0.1) is 0 Å². The van der Waals surface area contributed by atoms with Gasteiger partial charge >= 0.3 is 0 Å². The number of hydrogen-bond donors (Lipinski definition) is 2. The predicted octanol–water partition coefficient (Wildman–Crippen LogP) is 0.907. The van der Waals surface area contributed by atoms with Crippen LogP contribution in [0.4, 0.5) is 0 Å². The fourth-order valence-electron chi connectivity index (χ4n) is 1.54. The summed E-state index contributed by atoms with van der Waals surface area (Å²) in [7, 11) is 0. The molecule has 17 heavy (non-hydrogen) atoms. The van der Waals surface area contributed by atoms with Gasteiger partial charge in [-0.05, 0) is 20.3 Å². The van der Waals surface area contributed by atoms with E-state index in [9.17, 15) is 4.79 Å². The summed E-state index contributed by atoms with van der Waals surface area (Å²) in [5, 5.41) is 10.2. The van der Waals surface area contributed by atoms with Gasteiger partial charge in [-0.1, -0.05) is 6.92 Å². The molecular formula is C12H22N4O. The Bertz CT molecular complexity index is 348. The van der Waals surface area contributed by atoms with Gasteiger partial charge in [0.2, 0.25) is 5.91 Å². The van der Waals surface area contributed by atoms with Gasteiger partial charge in [0.05, 0.1) is 12.2 Å². The number of nitrogens with one attached hydrogen (secondary N) is 2. The minimum Gasteiger partial charge on any atom is -0.355 e. The van der Waals surface area contributed by atoms with Crippen molar-refractivity contribution in [3.63, 3.8) is 0 Å². The summed E-state index contributed by atoms with van der Waals surface area (Å²) < 4.78 is 1.92. The highest BCUT2D eigenvalue weighted by molar-refractivity contribution is 5.81. The highest BCUT2D eigenvalue weighted by atomic mass is 16.2. The predicted molar refractivity (Wildman–Crippen MR) is 67.5 cm³/mol. The molecule has 0 bridgehead atoms. The summed E-state index contributed by atoms with van der Waals surface area (Å²) in [5.74, 6) is 0.0356. The van der Waals surface area contributed by atoms with Crippen molar-refractivity contribution in [2.45, 2.75) is 46.3 Å². The highest BCUT2D eigenvalue weighted by Crippen LogP contribution is 1.99. The summed E-state index contributed by atoms with van der Waals surface area (Å²) in [6.45, 7) is 8.17. The molecule has 96 valence electrons. The van der Waals surface area contributed by atoms with Crippen LogP contribution < -0.4 is 10.6 Å². The normalized spacial score (nSPS) is 12.4. The monoisotopic (exact) mass is 238 g/mol. The van der Waals surface area contributed by atoms with E-state index < -0.39 is 0 Å². The molecule has 1 atom stereocenters. The van der Waals surface area contributed by atoms with Crippen LogP contribution in [0.3, 0.4) is 0 Å². The van der Waals surface area contributed by atoms with Crippen LogP contribution in [0.25, 0.3) is 0 Å². The fourth-order valence-corrected chi connectivity index (χ4v) is 1.54. The van der Waals surface area contributed by atoms with Gasteiger partial charge in [0.1, 0.15) is 0 Å². The third-order valence-electron chi connectivity index (χ3n) is 2.50. The Kier molecular flexibility index (Phi) is 5.69. The molecule has 2 N–H and O–H groups in total. The van der Waals surface area contributed by atoms with E-state index in [1.54, 1.807) is 0 Å². The molecular weight excluding hydrogens is 216 g/mol. The van der Waals surface area contributed by atoms with Crippen LogP contribution >= 0.6 is 0 Å². The number of rotatable bonds is 7. The van der Waals surface area contributed by atoms with E-state index in [0.717, 1.165) is 18.5 Å². The van der Waals surface area contributed by atoms with Crippen molar-refractivity contribution >= 4 is 5.91 Å². The average Bonchev–Trinajstić information content (AvgIpc) is 2.74. The minimum atomic E-state index is -0.176. The first-order valence-electron chi connectivity index (χ1n) is 6.19. The van der Waals surface area contributed by atoms with Crippen LogP contribution in [-0.4, -0.2) is 28.3 Å². The summed E-state index contributed by atoms with van der Waals surface area (Å²) in [6.07, 6.45) is 4.93. The molecule has 0 fully saturated rings. The van der Waals surface area contributed by atoms with E-state index in [-0.39, 0.29) is 11.9 Å². The first-order chi connectivity index (χ1) is 8.17. The molecule has 0 saturated heterocycles. The van der Waals surface area contributed by atoms with Gasteiger partial charge in [-0.3, -0.25) is 9.48 Å². The quantitative estimate of drug-likeness (QED) is 0.742. The molecule has 1 amide bonds. The van der Waals surface area contributed by atoms with Gasteiger partial charge in [-0.25, -0.2) is 0 Å². The molecule has 1 aromatic heterocycles. The molecule has 5 nitrogen and oxygen atoms in total. The lowest BCUT2D eigenvalue weighted by molar-refractivity contribution is -0.122. The van der Waals surface area contributed by atoms with Crippen molar-refractivity contribution < 1.29 is 4.79 Å². The Morgan fingerprint density at radius 3 is 2.94 bits per heavy atom. The zero-order valence-corrected chi connectivity index (χ0v) is 10.9. The van der Waals surface area contributed by atoms with E-state index in [4.69, 9.17) is 0 Å². The topological polar surface area (TPSA) is 59.0 Å². The lowest BCUT2D eigenvalue weighted by Crippen LogP contribution is -2.41. The van der Waals surface area contributed by atoms with Crippen molar-refractivity contribution in [3.05, 3.63) is 18.0 Å². The molecule has 0 aliphatic rings. The Morgan fingerprint density at radius 2 is 2.29 bits per heavy atom. The van der Waals surface area contributed by atoms with E-state index in [1.165, 1.54) is 0 Å². The molecule has 0 aromatic carbocycles. The molecule has 1 unspecified atom stereocenters. The lowest BCUT2D eigenvalue weighted by Gasteiger charge is -2.12. The van der Waals surface area contributed by atoms with Crippen molar-refractivity contribution in [1.29, 1.82) is 0 Å². The molecule has 1 aromatic rings. The smallest absolute Gasteiger partial charge is 0.236 e. The Morgan fingerprint density at radius 1 is 1.53 bits per heavy atom. The number of amides is 1. The van der Waals surface area contributed by atoms with E-state index in [2.05, 4.69) is 22.7 Å². The fraction of sp³-hybridized carbons (Fsp3) is 0.667. The van der Waals surface area contributed by atoms with Crippen LogP contribution in [-0.2, 0) is 17.9 Å². The van der Waals surface area contributed by atoms with Gasteiger partial charge in [0.15, 0.2) is 0 Å². The second kappa shape index (κ2) is 7.06. The largest absolute Gasteiger partial charge is 0.355 e. The summed E-state index contributed by atoms with van der Waals surface area (Å²) in [4.78, 5) is 11.5.